The third-order valence-corrected chi connectivity index (χ3v) is 3.93. The van der Waals surface area contributed by atoms with Crippen molar-refractivity contribution in [3.63, 3.8) is 0 Å². The Morgan fingerprint density at radius 1 is 1.11 bits per heavy atom. The maximum Gasteiger partial charge on any atom is 0.169 e. The van der Waals surface area contributed by atoms with Crippen LogP contribution in [0.2, 0.25) is 0 Å². The minimum absolute atomic E-state index is 0.00247. The Kier molecular flexibility index (Phi) is 3.39. The number of nitrogens with two attached hydrogens (primary N) is 1. The van der Waals surface area contributed by atoms with Crippen molar-refractivity contribution in [1.29, 1.82) is 0 Å². The number of rotatable bonds is 1. The first-order valence-corrected chi connectivity index (χ1v) is 7.00. The van der Waals surface area contributed by atoms with Crippen LogP contribution in [-0.4, -0.2) is 15.0 Å². The summed E-state index contributed by atoms with van der Waals surface area (Å²) >= 11 is 0. The first kappa shape index (κ1) is 13.4. The lowest BCUT2D eigenvalue weighted by Crippen LogP contribution is -2.28. The molecule has 1 aromatic rings. The predicted octanol–water partition coefficient (Wildman–Crippen LogP) is 3.16. The van der Waals surface area contributed by atoms with Crippen LogP contribution in [0.15, 0.2) is 0 Å². The summed E-state index contributed by atoms with van der Waals surface area (Å²) in [6.07, 6.45) is 3.71. The molecule has 1 aliphatic rings. The molecule has 1 aliphatic carbocycles. The molecule has 4 heteroatoms. The number of nitrogen functional groups attached to an aromatic ring is 1. The zero-order valence-electron chi connectivity index (χ0n) is 12.3. The highest BCUT2D eigenvalue weighted by Gasteiger charge is 2.31. The van der Waals surface area contributed by atoms with Gasteiger partial charge in [-0.3, -0.25) is 0 Å². The summed E-state index contributed by atoms with van der Waals surface area (Å²) in [6.45, 7) is 11.2. The predicted molar refractivity (Wildman–Crippen MR) is 74.4 cm³/mol. The molecule has 2 rings (SSSR count). The Morgan fingerprint density at radius 3 is 2.17 bits per heavy atom. The third-order valence-electron chi connectivity index (χ3n) is 3.93. The lowest BCUT2D eigenvalue weighted by molar-refractivity contribution is 0.200. The molecule has 2 unspecified atom stereocenters. The standard InChI is InChI=1S/C14H26N4/c1-9-6-10(2)8-11(7-9)18-12(14(3,4)5)13(15)16-17-18/h9-11H,6-8,15H2,1-5H3. The van der Waals surface area contributed by atoms with E-state index in [0.29, 0.717) is 11.9 Å². The van der Waals surface area contributed by atoms with Crippen molar-refractivity contribution in [1.82, 2.24) is 15.0 Å². The van der Waals surface area contributed by atoms with Gasteiger partial charge in [0.1, 0.15) is 0 Å². The van der Waals surface area contributed by atoms with Gasteiger partial charge < -0.3 is 5.73 Å². The second-order valence-electron chi connectivity index (χ2n) is 7.09. The molecule has 1 fully saturated rings. The van der Waals surface area contributed by atoms with Crippen molar-refractivity contribution >= 4 is 5.82 Å². The van der Waals surface area contributed by atoms with Crippen LogP contribution in [0.5, 0.6) is 0 Å². The molecule has 2 N–H and O–H groups in total. The summed E-state index contributed by atoms with van der Waals surface area (Å²) < 4.78 is 2.10. The molecule has 4 nitrogen and oxygen atoms in total. The molecular weight excluding hydrogens is 224 g/mol. The molecule has 0 radical (unpaired) electrons. The molecule has 18 heavy (non-hydrogen) atoms. The molecule has 0 spiro atoms. The summed E-state index contributed by atoms with van der Waals surface area (Å²) in [5.74, 6) is 2.11. The Labute approximate surface area is 110 Å². The highest BCUT2D eigenvalue weighted by molar-refractivity contribution is 5.38. The summed E-state index contributed by atoms with van der Waals surface area (Å²) in [5, 5.41) is 8.42. The smallest absolute Gasteiger partial charge is 0.169 e. The van der Waals surface area contributed by atoms with E-state index in [4.69, 9.17) is 5.73 Å². The van der Waals surface area contributed by atoms with Crippen LogP contribution in [0.3, 0.4) is 0 Å². The van der Waals surface area contributed by atoms with Gasteiger partial charge in [-0.1, -0.05) is 39.8 Å². The normalized spacial score (nSPS) is 29.5. The van der Waals surface area contributed by atoms with Gasteiger partial charge in [0.05, 0.1) is 11.7 Å². The maximum absolute atomic E-state index is 6.01. The minimum Gasteiger partial charge on any atom is -0.381 e. The van der Waals surface area contributed by atoms with Crippen LogP contribution >= 0.6 is 0 Å². The molecule has 0 saturated heterocycles. The largest absolute Gasteiger partial charge is 0.381 e. The van der Waals surface area contributed by atoms with Crippen LogP contribution in [0.25, 0.3) is 0 Å². The van der Waals surface area contributed by atoms with Crippen molar-refractivity contribution in [2.24, 2.45) is 11.8 Å². The number of hydrogen-bond acceptors (Lipinski definition) is 3. The van der Waals surface area contributed by atoms with Gasteiger partial charge in [0.15, 0.2) is 5.82 Å². The first-order chi connectivity index (χ1) is 8.29. The first-order valence-electron chi connectivity index (χ1n) is 7.00. The van der Waals surface area contributed by atoms with Crippen molar-refractivity contribution < 1.29 is 0 Å². The lowest BCUT2D eigenvalue weighted by Gasteiger charge is -2.33. The number of nitrogens with zero attached hydrogens (tertiary/aromatic N) is 3. The van der Waals surface area contributed by atoms with E-state index in [1.165, 1.54) is 19.3 Å². The van der Waals surface area contributed by atoms with Crippen molar-refractivity contribution in [3.05, 3.63) is 5.69 Å². The maximum atomic E-state index is 6.01. The average Bonchev–Trinajstić information content (AvgIpc) is 2.57. The SMILES string of the molecule is CC1CC(C)CC(n2nnc(N)c2C(C)(C)C)C1. The number of aromatic nitrogens is 3. The molecule has 1 aromatic heterocycles. The van der Waals surface area contributed by atoms with Crippen LogP contribution in [0.4, 0.5) is 5.82 Å². The van der Waals surface area contributed by atoms with Crippen LogP contribution in [0.1, 0.15) is 65.6 Å². The highest BCUT2D eigenvalue weighted by Crippen LogP contribution is 2.38. The second-order valence-corrected chi connectivity index (χ2v) is 7.09. The zero-order valence-corrected chi connectivity index (χ0v) is 12.3. The zero-order chi connectivity index (χ0) is 13.5. The molecule has 0 bridgehead atoms. The van der Waals surface area contributed by atoms with Gasteiger partial charge in [0, 0.05) is 5.41 Å². The Hall–Kier alpha value is -1.06. The van der Waals surface area contributed by atoms with E-state index < -0.39 is 0 Å². The van der Waals surface area contributed by atoms with Gasteiger partial charge in [0.2, 0.25) is 0 Å². The molecular formula is C14H26N4. The Morgan fingerprint density at radius 2 is 1.67 bits per heavy atom. The van der Waals surface area contributed by atoms with E-state index in [-0.39, 0.29) is 5.41 Å². The topological polar surface area (TPSA) is 56.7 Å². The molecule has 2 atom stereocenters. The van der Waals surface area contributed by atoms with Gasteiger partial charge in [0.25, 0.3) is 0 Å². The molecule has 0 amide bonds. The van der Waals surface area contributed by atoms with E-state index in [2.05, 4.69) is 49.6 Å². The molecule has 0 aromatic carbocycles. The monoisotopic (exact) mass is 250 g/mol. The van der Waals surface area contributed by atoms with Gasteiger partial charge in [-0.05, 0) is 31.1 Å². The lowest BCUT2D eigenvalue weighted by atomic mass is 9.80. The fourth-order valence-corrected chi connectivity index (χ4v) is 3.39. The van der Waals surface area contributed by atoms with Crippen LogP contribution in [-0.2, 0) is 5.41 Å². The van der Waals surface area contributed by atoms with E-state index in [1.807, 2.05) is 0 Å². The van der Waals surface area contributed by atoms with Crippen LogP contribution in [0, 0.1) is 11.8 Å². The molecule has 0 aliphatic heterocycles. The summed E-state index contributed by atoms with van der Waals surface area (Å²) in [7, 11) is 0. The van der Waals surface area contributed by atoms with E-state index in [9.17, 15) is 0 Å². The number of anilines is 1. The Balaban J connectivity index is 2.34. The van der Waals surface area contributed by atoms with Crippen molar-refractivity contribution in [3.8, 4) is 0 Å². The fraction of sp³-hybridized carbons (Fsp3) is 0.857. The second kappa shape index (κ2) is 4.56. The highest BCUT2D eigenvalue weighted by atomic mass is 15.5. The van der Waals surface area contributed by atoms with Crippen molar-refractivity contribution in [2.45, 2.75) is 65.3 Å². The summed E-state index contributed by atoms with van der Waals surface area (Å²) in [4.78, 5) is 0. The molecule has 1 saturated carbocycles. The third kappa shape index (κ3) is 2.52. The molecule has 1 heterocycles. The average molecular weight is 250 g/mol. The van der Waals surface area contributed by atoms with Crippen molar-refractivity contribution in [2.75, 3.05) is 5.73 Å². The summed E-state index contributed by atoms with van der Waals surface area (Å²) in [6, 6.07) is 0.461. The molecule has 102 valence electrons. The van der Waals surface area contributed by atoms with E-state index in [0.717, 1.165) is 17.5 Å². The Bertz CT molecular complexity index is 406. The quantitative estimate of drug-likeness (QED) is 0.833. The summed E-state index contributed by atoms with van der Waals surface area (Å²) in [5.41, 5.74) is 7.10. The van der Waals surface area contributed by atoms with Gasteiger partial charge in [-0.15, -0.1) is 5.10 Å². The van der Waals surface area contributed by atoms with Gasteiger partial charge >= 0.3 is 0 Å². The number of hydrogen-bond donors (Lipinski definition) is 1. The van der Waals surface area contributed by atoms with E-state index in [1.54, 1.807) is 0 Å². The fourth-order valence-electron chi connectivity index (χ4n) is 3.39. The minimum atomic E-state index is -0.00247. The van der Waals surface area contributed by atoms with E-state index >= 15 is 0 Å². The van der Waals surface area contributed by atoms with Crippen LogP contribution < -0.4 is 5.73 Å². The van der Waals surface area contributed by atoms with Gasteiger partial charge in [-0.25, -0.2) is 4.68 Å². The van der Waals surface area contributed by atoms with Gasteiger partial charge in [-0.2, -0.15) is 0 Å².